The zero-order valence-electron chi connectivity index (χ0n) is 31.6. The molecule has 0 bridgehead atoms. The summed E-state index contributed by atoms with van der Waals surface area (Å²) in [5.74, 6) is -11.1. The number of aliphatic hydroxyl groups is 2. The van der Waals surface area contributed by atoms with Crippen molar-refractivity contribution < 1.29 is 128 Å². The molecule has 4 atom stereocenters. The predicted octanol–water partition coefficient (Wildman–Crippen LogP) is 9.97. The molecule has 0 aliphatic heterocycles. The average molecular weight is 1060 g/mol. The molecule has 359 valence electrons. The third kappa shape index (κ3) is 16.7. The number of hydrogen-bond donors (Lipinski definition) is 2. The molecule has 63 heavy (non-hydrogen) atoms. The first-order valence-electron chi connectivity index (χ1n) is 16.2. The van der Waals surface area contributed by atoms with Gasteiger partial charge in [-0.1, -0.05) is 46.4 Å². The van der Waals surface area contributed by atoms with Crippen LogP contribution in [0.4, 0.5) is 52.7 Å². The molecule has 2 aromatic rings. The Bertz CT molecular complexity index is 1860. The van der Waals surface area contributed by atoms with Gasteiger partial charge in [0.05, 0.1) is 13.2 Å². The van der Waals surface area contributed by atoms with E-state index < -0.39 is 127 Å². The standard InChI is InChI=1S/2C17H14Cl2F6O6.Cu/c2*1-3-29-13(28)11(7(2)26)12(27)9-5-4-8(30-16(22,23)14(18)20)6-10(9)31-17(24,25)15(19)21;/h2*4-6,14-15,26H,3H2,1-2H3;/p+2/b2*11-7+;. The summed E-state index contributed by atoms with van der Waals surface area (Å²) in [4.78, 5) is 44.6. The van der Waals surface area contributed by atoms with Crippen LogP contribution < -0.4 is 18.9 Å². The topological polar surface area (TPSA) is 173 Å². The van der Waals surface area contributed by atoms with Crippen LogP contribution in [0.3, 0.4) is 0 Å². The van der Waals surface area contributed by atoms with Crippen LogP contribution in [0, 0.1) is 0 Å². The Morgan fingerprint density at radius 2 is 0.825 bits per heavy atom. The molecule has 0 saturated carbocycles. The van der Waals surface area contributed by atoms with Gasteiger partial charge in [-0.3, -0.25) is 9.59 Å². The van der Waals surface area contributed by atoms with Crippen molar-refractivity contribution in [2.24, 2.45) is 0 Å². The Morgan fingerprint density at radius 1 is 0.571 bits per heavy atom. The molecule has 0 aliphatic carbocycles. The van der Waals surface area contributed by atoms with Crippen molar-refractivity contribution in [1.29, 1.82) is 0 Å². The van der Waals surface area contributed by atoms with E-state index in [2.05, 4.69) is 51.6 Å². The summed E-state index contributed by atoms with van der Waals surface area (Å²) in [5.41, 5.74) is -16.9. The van der Waals surface area contributed by atoms with E-state index in [4.69, 9.17) is 23.2 Å². The van der Waals surface area contributed by atoms with Crippen molar-refractivity contribution in [3.05, 3.63) is 70.2 Å². The summed E-state index contributed by atoms with van der Waals surface area (Å²) in [7, 11) is 0. The molecule has 0 aliphatic rings. The van der Waals surface area contributed by atoms with Crippen LogP contribution in [-0.2, 0) is 36.1 Å². The van der Waals surface area contributed by atoms with Gasteiger partial charge in [-0.2, -0.15) is 35.1 Å². The van der Waals surface area contributed by atoms with Crippen LogP contribution in [0.1, 0.15) is 38.8 Å². The molecule has 4 unspecified atom stereocenters. The monoisotopic (exact) mass is 1060 g/mol. The molecule has 29 heteroatoms. The summed E-state index contributed by atoms with van der Waals surface area (Å²) < 4.78 is 185. The summed E-state index contributed by atoms with van der Waals surface area (Å²) in [6.45, 7) is 4.24. The molecular weight excluding hydrogens is 1030 g/mol. The van der Waals surface area contributed by atoms with Crippen LogP contribution >= 0.6 is 46.4 Å². The van der Waals surface area contributed by atoms with Gasteiger partial charge in [0.1, 0.15) is 45.6 Å². The van der Waals surface area contributed by atoms with Gasteiger partial charge in [0.25, 0.3) is 22.5 Å². The summed E-state index contributed by atoms with van der Waals surface area (Å²) in [6.07, 6.45) is -18.7. The summed E-state index contributed by atoms with van der Waals surface area (Å²) in [6, 6.07) is 3.09. The number of benzene rings is 2. The number of alkyl halides is 16. The summed E-state index contributed by atoms with van der Waals surface area (Å²) in [5, 5.41) is 19.3. The zero-order valence-corrected chi connectivity index (χ0v) is 35.6. The van der Waals surface area contributed by atoms with Gasteiger partial charge >= 0.3 is 47.9 Å². The van der Waals surface area contributed by atoms with Gasteiger partial charge in [0.2, 0.25) is 11.1 Å². The van der Waals surface area contributed by atoms with Crippen LogP contribution in [0.5, 0.6) is 23.0 Å². The number of aliphatic hydroxyl groups excluding tert-OH is 2. The van der Waals surface area contributed by atoms with Crippen LogP contribution in [0.25, 0.3) is 0 Å². The van der Waals surface area contributed by atoms with E-state index in [-0.39, 0.29) is 30.3 Å². The second-order valence-corrected chi connectivity index (χ2v) is 12.8. The maximum Gasteiger partial charge on any atom is 0.444 e. The molecule has 12 nitrogen and oxygen atoms in total. The number of ketones is 2. The van der Waals surface area contributed by atoms with E-state index in [1.165, 1.54) is 13.8 Å². The fourth-order valence-corrected chi connectivity index (χ4v) is 4.16. The minimum Gasteiger partial charge on any atom is -0.511 e. The summed E-state index contributed by atoms with van der Waals surface area (Å²) >= 11 is 18.7. The van der Waals surface area contributed by atoms with Crippen LogP contribution in [0.15, 0.2) is 59.1 Å². The number of halogens is 16. The third-order valence-corrected chi connectivity index (χ3v) is 7.61. The second kappa shape index (κ2) is 24.2. The Kier molecular flexibility index (Phi) is 22.6. The fraction of sp³-hybridized carbons (Fsp3) is 0.412. The van der Waals surface area contributed by atoms with Gasteiger partial charge in [-0.25, -0.2) is 27.2 Å². The number of ether oxygens (including phenoxy) is 6. The zero-order chi connectivity index (χ0) is 48.3. The second-order valence-electron chi connectivity index (χ2n) is 11.2. The Hall–Kier alpha value is -4.16. The number of carbonyl (C=O) groups excluding carboxylic acids is 4. The van der Waals surface area contributed by atoms with E-state index in [9.17, 15) is 82.1 Å². The fourth-order valence-electron chi connectivity index (χ4n) is 3.99. The quantitative estimate of drug-likeness (QED) is 0.0124. The molecule has 4 N–H and O–H groups in total. The number of carbonyl (C=O) groups is 2. The maximum atomic E-state index is 13.7. The van der Waals surface area contributed by atoms with E-state index in [0.717, 1.165) is 13.8 Å². The molecule has 2 aromatic carbocycles. The number of allylic oxidation sites excluding steroid dienone is 2. The van der Waals surface area contributed by atoms with Gasteiger partial charge < -0.3 is 38.6 Å². The molecule has 0 fully saturated rings. The average Bonchev–Trinajstić information content (AvgIpc) is 3.11. The first kappa shape index (κ1) is 58.8. The molecule has 0 spiro atoms. The molecule has 0 saturated heterocycles. The SMILES string of the molecule is CCOC(=O)/C(C(=[OH+])c1ccc(OC(F)(F)C(F)Cl)cc1OC(F)(F)C(F)Cl)=C(\C)O.CCOC(=O)/C(C(=[OH+])c1ccc(OC(F)(F)C(F)Cl)cc1OC(F)(F)C(F)Cl)=C(\C)O.[Cu]. The molecule has 0 heterocycles. The maximum absolute atomic E-state index is 13.7. The first-order chi connectivity index (χ1) is 28.3. The van der Waals surface area contributed by atoms with Gasteiger partial charge in [0.15, 0.2) is 0 Å². The van der Waals surface area contributed by atoms with Crippen molar-refractivity contribution in [2.45, 2.75) is 74.7 Å². The first-order valence-corrected chi connectivity index (χ1v) is 18.0. The Morgan fingerprint density at radius 3 is 1.05 bits per heavy atom. The van der Waals surface area contributed by atoms with E-state index in [1.54, 1.807) is 0 Å². The molecule has 0 amide bonds. The minimum absolute atomic E-state index is 0. The molecule has 2 rings (SSSR count). The number of hydrogen-bond acceptors (Lipinski definition) is 10. The van der Waals surface area contributed by atoms with Gasteiger partial charge in [-0.05, 0) is 52.0 Å². The molecule has 1 radical (unpaired) electrons. The number of esters is 2. The molecular formula is C34H30Cl4CuF12O12+2. The van der Waals surface area contributed by atoms with Crippen molar-refractivity contribution in [1.82, 2.24) is 0 Å². The van der Waals surface area contributed by atoms with Crippen molar-refractivity contribution in [2.75, 3.05) is 13.2 Å². The van der Waals surface area contributed by atoms with Crippen molar-refractivity contribution in [3.8, 4) is 23.0 Å². The third-order valence-electron chi connectivity index (χ3n) is 6.59. The van der Waals surface area contributed by atoms with Crippen molar-refractivity contribution in [3.63, 3.8) is 0 Å². The smallest absolute Gasteiger partial charge is 0.444 e. The van der Waals surface area contributed by atoms with Crippen LogP contribution in [-0.4, -0.2) is 103 Å². The molecule has 0 aromatic heterocycles. The predicted molar refractivity (Wildman–Crippen MR) is 194 cm³/mol. The minimum atomic E-state index is -4.76. The van der Waals surface area contributed by atoms with Gasteiger partial charge in [0, 0.05) is 29.2 Å². The van der Waals surface area contributed by atoms with Crippen LogP contribution in [0.2, 0.25) is 0 Å². The van der Waals surface area contributed by atoms with E-state index >= 15 is 0 Å². The normalized spacial score (nSPS) is 14.7. The Labute approximate surface area is 377 Å². The largest absolute Gasteiger partial charge is 0.511 e. The Balaban J connectivity index is 0.00000120. The number of rotatable bonds is 20. The van der Waals surface area contributed by atoms with Crippen molar-refractivity contribution >= 4 is 69.9 Å². The van der Waals surface area contributed by atoms with Gasteiger partial charge in [-0.15, -0.1) is 0 Å². The van der Waals surface area contributed by atoms with E-state index in [1.807, 2.05) is 0 Å². The van der Waals surface area contributed by atoms with E-state index in [0.29, 0.717) is 36.4 Å².